The molecule has 0 radical (unpaired) electrons. The predicted octanol–water partition coefficient (Wildman–Crippen LogP) is 2.82. The zero-order valence-corrected chi connectivity index (χ0v) is 8.49. The molecular weight excluding hydrogens is 212 g/mol. The Balaban J connectivity index is 2.54. The van der Waals surface area contributed by atoms with Crippen molar-refractivity contribution in [3.63, 3.8) is 0 Å². The van der Waals surface area contributed by atoms with E-state index >= 15 is 0 Å². The molecular formula is C11H8O3S. The van der Waals surface area contributed by atoms with Gasteiger partial charge in [0.25, 0.3) is 0 Å². The third kappa shape index (κ3) is 1.85. The van der Waals surface area contributed by atoms with Crippen molar-refractivity contribution in [3.8, 4) is 16.9 Å². The van der Waals surface area contributed by atoms with Gasteiger partial charge in [-0.15, -0.1) is 11.3 Å². The first-order chi connectivity index (χ1) is 7.18. The second-order valence-electron chi connectivity index (χ2n) is 3.02. The molecule has 0 bridgehead atoms. The van der Waals surface area contributed by atoms with Crippen molar-refractivity contribution < 1.29 is 15.0 Å². The summed E-state index contributed by atoms with van der Waals surface area (Å²) in [7, 11) is 0. The average Bonchev–Trinajstić information content (AvgIpc) is 2.65. The zero-order valence-electron chi connectivity index (χ0n) is 7.68. The number of hydrogen-bond acceptors (Lipinski definition) is 3. The van der Waals surface area contributed by atoms with Gasteiger partial charge in [0.1, 0.15) is 10.6 Å². The monoisotopic (exact) mass is 220 g/mol. The van der Waals surface area contributed by atoms with Crippen LogP contribution in [0.1, 0.15) is 9.67 Å². The van der Waals surface area contributed by atoms with E-state index in [2.05, 4.69) is 0 Å². The van der Waals surface area contributed by atoms with Crippen molar-refractivity contribution in [2.24, 2.45) is 0 Å². The Labute approximate surface area is 90.2 Å². The quantitative estimate of drug-likeness (QED) is 0.818. The van der Waals surface area contributed by atoms with E-state index in [1.807, 2.05) is 0 Å². The van der Waals surface area contributed by atoms with E-state index in [4.69, 9.17) is 5.11 Å². The van der Waals surface area contributed by atoms with Gasteiger partial charge in [-0.1, -0.05) is 12.1 Å². The Morgan fingerprint density at radius 1 is 1.27 bits per heavy atom. The molecule has 0 spiro atoms. The van der Waals surface area contributed by atoms with Crippen molar-refractivity contribution in [2.45, 2.75) is 0 Å². The molecule has 2 aromatic rings. The highest BCUT2D eigenvalue weighted by Crippen LogP contribution is 2.30. The van der Waals surface area contributed by atoms with Crippen LogP contribution in [0.3, 0.4) is 0 Å². The Morgan fingerprint density at radius 3 is 2.73 bits per heavy atom. The van der Waals surface area contributed by atoms with E-state index in [1.165, 1.54) is 11.3 Å². The van der Waals surface area contributed by atoms with E-state index in [-0.39, 0.29) is 5.75 Å². The lowest BCUT2D eigenvalue weighted by Gasteiger charge is -2.00. The number of aromatic hydroxyl groups is 1. The van der Waals surface area contributed by atoms with Crippen molar-refractivity contribution >= 4 is 17.3 Å². The highest BCUT2D eigenvalue weighted by Gasteiger charge is 2.13. The second-order valence-corrected chi connectivity index (χ2v) is 3.93. The van der Waals surface area contributed by atoms with E-state index in [9.17, 15) is 9.90 Å². The molecule has 15 heavy (non-hydrogen) atoms. The molecule has 3 nitrogen and oxygen atoms in total. The Hall–Kier alpha value is -1.81. The fourth-order valence-electron chi connectivity index (χ4n) is 1.38. The lowest BCUT2D eigenvalue weighted by atomic mass is 10.1. The van der Waals surface area contributed by atoms with Crippen LogP contribution in [0.5, 0.6) is 5.75 Å². The summed E-state index contributed by atoms with van der Waals surface area (Å²) in [5.41, 5.74) is 1.36. The molecule has 1 heterocycles. The van der Waals surface area contributed by atoms with Gasteiger partial charge in [0.2, 0.25) is 0 Å². The number of aromatic carboxylic acids is 1. The van der Waals surface area contributed by atoms with Crippen LogP contribution in [-0.2, 0) is 0 Å². The minimum absolute atomic E-state index is 0.134. The second kappa shape index (κ2) is 3.74. The molecule has 1 aromatic heterocycles. The minimum atomic E-state index is -0.941. The molecule has 76 valence electrons. The van der Waals surface area contributed by atoms with Gasteiger partial charge in [-0.05, 0) is 29.1 Å². The van der Waals surface area contributed by atoms with Crippen LogP contribution < -0.4 is 0 Å². The SMILES string of the molecule is O=C(O)c1sccc1-c1cccc(O)c1. The van der Waals surface area contributed by atoms with Crippen LogP contribution in [0, 0.1) is 0 Å². The van der Waals surface area contributed by atoms with Gasteiger partial charge in [-0.3, -0.25) is 0 Å². The number of carboxylic acid groups (broad SMARTS) is 1. The number of benzene rings is 1. The first-order valence-corrected chi connectivity index (χ1v) is 5.16. The number of phenols is 1. The molecule has 0 aliphatic carbocycles. The summed E-state index contributed by atoms with van der Waals surface area (Å²) in [6, 6.07) is 8.30. The van der Waals surface area contributed by atoms with Crippen LogP contribution in [0.25, 0.3) is 11.1 Å². The molecule has 0 fully saturated rings. The summed E-state index contributed by atoms with van der Waals surface area (Å²) in [6.45, 7) is 0. The first-order valence-electron chi connectivity index (χ1n) is 4.28. The van der Waals surface area contributed by atoms with E-state index < -0.39 is 5.97 Å². The van der Waals surface area contributed by atoms with E-state index in [1.54, 1.807) is 35.7 Å². The van der Waals surface area contributed by atoms with Gasteiger partial charge in [0, 0.05) is 5.56 Å². The molecule has 4 heteroatoms. The molecule has 0 saturated heterocycles. The van der Waals surface area contributed by atoms with Gasteiger partial charge in [0.15, 0.2) is 0 Å². The molecule has 2 rings (SSSR count). The Kier molecular flexibility index (Phi) is 2.43. The Bertz CT molecular complexity index is 502. The molecule has 2 N–H and O–H groups in total. The lowest BCUT2D eigenvalue weighted by molar-refractivity contribution is 0.0703. The van der Waals surface area contributed by atoms with Gasteiger partial charge in [-0.25, -0.2) is 4.79 Å². The highest BCUT2D eigenvalue weighted by molar-refractivity contribution is 7.12. The summed E-state index contributed by atoms with van der Waals surface area (Å²) >= 11 is 1.18. The minimum Gasteiger partial charge on any atom is -0.508 e. The van der Waals surface area contributed by atoms with Gasteiger partial charge in [0.05, 0.1) is 0 Å². The molecule has 0 unspecified atom stereocenters. The van der Waals surface area contributed by atoms with Crippen molar-refractivity contribution in [1.29, 1.82) is 0 Å². The molecule has 0 atom stereocenters. The number of phenolic OH excluding ortho intramolecular Hbond substituents is 1. The maximum atomic E-state index is 10.9. The summed E-state index contributed by atoms with van der Waals surface area (Å²) in [5, 5.41) is 20.0. The van der Waals surface area contributed by atoms with E-state index in [0.29, 0.717) is 16.0 Å². The smallest absolute Gasteiger partial charge is 0.346 e. The third-order valence-electron chi connectivity index (χ3n) is 2.02. The van der Waals surface area contributed by atoms with Gasteiger partial charge >= 0.3 is 5.97 Å². The zero-order chi connectivity index (χ0) is 10.8. The van der Waals surface area contributed by atoms with Crippen molar-refractivity contribution in [2.75, 3.05) is 0 Å². The van der Waals surface area contributed by atoms with Crippen LogP contribution in [0.15, 0.2) is 35.7 Å². The van der Waals surface area contributed by atoms with Crippen LogP contribution in [0.4, 0.5) is 0 Å². The summed E-state index contributed by atoms with van der Waals surface area (Å²) in [4.78, 5) is 11.2. The standard InChI is InChI=1S/C11H8O3S/c12-8-3-1-2-7(6-8)9-4-5-15-10(9)11(13)14/h1-6,12H,(H,13,14). The fourth-order valence-corrected chi connectivity index (χ4v) is 2.13. The first kappa shape index (κ1) is 9.73. The number of hydrogen-bond donors (Lipinski definition) is 2. The summed E-state index contributed by atoms with van der Waals surface area (Å²) in [6.07, 6.45) is 0. The van der Waals surface area contributed by atoms with Crippen LogP contribution in [-0.4, -0.2) is 16.2 Å². The van der Waals surface area contributed by atoms with Crippen LogP contribution in [0.2, 0.25) is 0 Å². The fraction of sp³-hybridized carbons (Fsp3) is 0. The van der Waals surface area contributed by atoms with Crippen molar-refractivity contribution in [1.82, 2.24) is 0 Å². The number of carboxylic acids is 1. The number of thiophene rings is 1. The summed E-state index contributed by atoms with van der Waals surface area (Å²) < 4.78 is 0. The maximum Gasteiger partial charge on any atom is 0.346 e. The average molecular weight is 220 g/mol. The maximum absolute atomic E-state index is 10.9. The summed E-state index contributed by atoms with van der Waals surface area (Å²) in [5.74, 6) is -0.807. The lowest BCUT2D eigenvalue weighted by Crippen LogP contribution is -1.94. The van der Waals surface area contributed by atoms with E-state index in [0.717, 1.165) is 0 Å². The van der Waals surface area contributed by atoms with Gasteiger partial charge < -0.3 is 10.2 Å². The molecule has 1 aromatic carbocycles. The third-order valence-corrected chi connectivity index (χ3v) is 2.92. The largest absolute Gasteiger partial charge is 0.508 e. The predicted molar refractivity (Wildman–Crippen MR) is 58.4 cm³/mol. The Morgan fingerprint density at radius 2 is 2.07 bits per heavy atom. The van der Waals surface area contributed by atoms with Crippen LogP contribution >= 0.6 is 11.3 Å². The number of rotatable bonds is 2. The highest BCUT2D eigenvalue weighted by atomic mass is 32.1. The van der Waals surface area contributed by atoms with Crippen molar-refractivity contribution in [3.05, 3.63) is 40.6 Å². The molecule has 0 saturated carbocycles. The van der Waals surface area contributed by atoms with Gasteiger partial charge in [-0.2, -0.15) is 0 Å². The molecule has 0 amide bonds. The number of carbonyl (C=O) groups is 1. The molecule has 0 aliphatic heterocycles. The molecule has 0 aliphatic rings. The normalized spacial score (nSPS) is 10.1. The topological polar surface area (TPSA) is 57.5 Å².